The van der Waals surface area contributed by atoms with E-state index in [-0.39, 0.29) is 5.41 Å². The summed E-state index contributed by atoms with van der Waals surface area (Å²) in [6.45, 7) is 9.63. The third kappa shape index (κ3) is 4.17. The SMILES string of the molecule is CC(C)(C)c1ccc(NC(=S)N2CCN(C=O)CC2)cc1. The molecule has 1 saturated heterocycles. The standard InChI is InChI=1S/C16H23N3OS/c1-16(2,3)13-4-6-14(7-5-13)17-15(21)19-10-8-18(12-20)9-11-19/h4-7,12H,8-11H2,1-3H3,(H,17,21). The molecule has 1 aromatic carbocycles. The molecule has 1 N–H and O–H groups in total. The Hall–Kier alpha value is -1.62. The van der Waals surface area contributed by atoms with Gasteiger partial charge < -0.3 is 15.1 Å². The predicted molar refractivity (Wildman–Crippen MR) is 90.6 cm³/mol. The van der Waals surface area contributed by atoms with E-state index in [1.165, 1.54) is 5.56 Å². The fourth-order valence-corrected chi connectivity index (χ4v) is 2.59. The van der Waals surface area contributed by atoms with Gasteiger partial charge in [0.25, 0.3) is 0 Å². The molecular formula is C16H23N3OS. The minimum atomic E-state index is 0.157. The summed E-state index contributed by atoms with van der Waals surface area (Å²) in [6.07, 6.45) is 0.902. The van der Waals surface area contributed by atoms with E-state index in [9.17, 15) is 4.79 Å². The zero-order valence-electron chi connectivity index (χ0n) is 12.9. The Morgan fingerprint density at radius 1 is 1.14 bits per heavy atom. The van der Waals surface area contributed by atoms with Crippen LogP contribution in [-0.2, 0) is 10.2 Å². The van der Waals surface area contributed by atoms with Crippen LogP contribution in [0.3, 0.4) is 0 Å². The van der Waals surface area contributed by atoms with Crippen LogP contribution in [0.5, 0.6) is 0 Å². The lowest BCUT2D eigenvalue weighted by atomic mass is 9.87. The van der Waals surface area contributed by atoms with E-state index in [1.54, 1.807) is 4.90 Å². The van der Waals surface area contributed by atoms with E-state index >= 15 is 0 Å². The van der Waals surface area contributed by atoms with Gasteiger partial charge in [0.15, 0.2) is 5.11 Å². The lowest BCUT2D eigenvalue weighted by molar-refractivity contribution is -0.119. The first-order valence-corrected chi connectivity index (χ1v) is 7.67. The van der Waals surface area contributed by atoms with E-state index in [2.05, 4.69) is 55.3 Å². The number of hydrogen-bond acceptors (Lipinski definition) is 2. The van der Waals surface area contributed by atoms with E-state index in [4.69, 9.17) is 12.2 Å². The molecule has 0 aromatic heterocycles. The number of thiocarbonyl (C=S) groups is 1. The summed E-state index contributed by atoms with van der Waals surface area (Å²) in [5.74, 6) is 0. The number of rotatable bonds is 2. The zero-order chi connectivity index (χ0) is 15.5. The molecule has 21 heavy (non-hydrogen) atoms. The summed E-state index contributed by atoms with van der Waals surface area (Å²) in [7, 11) is 0. The molecule has 0 radical (unpaired) electrons. The average molecular weight is 305 g/mol. The van der Waals surface area contributed by atoms with Crippen molar-refractivity contribution in [3.63, 3.8) is 0 Å². The fraction of sp³-hybridized carbons (Fsp3) is 0.500. The van der Waals surface area contributed by atoms with E-state index in [1.807, 2.05) is 0 Å². The molecule has 5 heteroatoms. The van der Waals surface area contributed by atoms with Crippen molar-refractivity contribution >= 4 is 29.4 Å². The van der Waals surface area contributed by atoms with Crippen molar-refractivity contribution in [1.82, 2.24) is 9.80 Å². The van der Waals surface area contributed by atoms with Gasteiger partial charge in [-0.3, -0.25) is 4.79 Å². The van der Waals surface area contributed by atoms with Gasteiger partial charge in [-0.1, -0.05) is 32.9 Å². The van der Waals surface area contributed by atoms with Crippen LogP contribution in [0, 0.1) is 0 Å². The molecule has 0 aliphatic carbocycles. The number of nitrogens with zero attached hydrogens (tertiary/aromatic N) is 2. The summed E-state index contributed by atoms with van der Waals surface area (Å²) in [4.78, 5) is 14.6. The lowest BCUT2D eigenvalue weighted by Crippen LogP contribution is -2.49. The maximum absolute atomic E-state index is 10.7. The fourth-order valence-electron chi connectivity index (χ4n) is 2.29. The second kappa shape index (κ2) is 6.43. The van der Waals surface area contributed by atoms with Crippen molar-refractivity contribution in [3.8, 4) is 0 Å². The van der Waals surface area contributed by atoms with Crippen LogP contribution in [0.25, 0.3) is 0 Å². The molecule has 1 fully saturated rings. The number of amides is 1. The Balaban J connectivity index is 1.92. The van der Waals surface area contributed by atoms with Crippen LogP contribution in [-0.4, -0.2) is 47.5 Å². The van der Waals surface area contributed by atoms with Crippen molar-refractivity contribution in [2.75, 3.05) is 31.5 Å². The molecule has 1 amide bonds. The van der Waals surface area contributed by atoms with Crippen LogP contribution in [0.1, 0.15) is 26.3 Å². The van der Waals surface area contributed by atoms with Gasteiger partial charge in [-0.25, -0.2) is 0 Å². The van der Waals surface area contributed by atoms with Crippen LogP contribution >= 0.6 is 12.2 Å². The maximum Gasteiger partial charge on any atom is 0.209 e. The lowest BCUT2D eigenvalue weighted by Gasteiger charge is -2.34. The van der Waals surface area contributed by atoms with E-state index < -0.39 is 0 Å². The Kier molecular flexibility index (Phi) is 4.83. The first-order chi connectivity index (χ1) is 9.90. The van der Waals surface area contributed by atoms with Crippen molar-refractivity contribution in [2.45, 2.75) is 26.2 Å². The quantitative estimate of drug-likeness (QED) is 0.672. The molecule has 0 bridgehead atoms. The second-order valence-corrected chi connectivity index (χ2v) is 6.77. The minimum absolute atomic E-state index is 0.157. The number of hydrogen-bond donors (Lipinski definition) is 1. The molecule has 2 rings (SSSR count). The van der Waals surface area contributed by atoms with E-state index in [0.717, 1.165) is 43.4 Å². The summed E-state index contributed by atoms with van der Waals surface area (Å²) in [5, 5.41) is 4.00. The molecule has 4 nitrogen and oxygen atoms in total. The molecule has 0 saturated carbocycles. The van der Waals surface area contributed by atoms with Gasteiger partial charge in [0.2, 0.25) is 6.41 Å². The number of benzene rings is 1. The highest BCUT2D eigenvalue weighted by atomic mass is 32.1. The number of carbonyl (C=O) groups is 1. The number of carbonyl (C=O) groups excluding carboxylic acids is 1. The summed E-state index contributed by atoms with van der Waals surface area (Å²) in [5.41, 5.74) is 2.47. The zero-order valence-corrected chi connectivity index (χ0v) is 13.7. The monoisotopic (exact) mass is 305 g/mol. The molecular weight excluding hydrogens is 282 g/mol. The van der Waals surface area contributed by atoms with Gasteiger partial charge in [0.1, 0.15) is 0 Å². The Morgan fingerprint density at radius 3 is 2.19 bits per heavy atom. The second-order valence-electron chi connectivity index (χ2n) is 6.39. The van der Waals surface area contributed by atoms with E-state index in [0.29, 0.717) is 0 Å². The van der Waals surface area contributed by atoms with Gasteiger partial charge in [0.05, 0.1) is 0 Å². The van der Waals surface area contributed by atoms with Gasteiger partial charge in [0, 0.05) is 31.9 Å². The summed E-state index contributed by atoms with van der Waals surface area (Å²) in [6, 6.07) is 8.40. The van der Waals surface area contributed by atoms with Gasteiger partial charge in [-0.05, 0) is 35.3 Å². The minimum Gasteiger partial charge on any atom is -0.345 e. The smallest absolute Gasteiger partial charge is 0.209 e. The Labute approximate surface area is 132 Å². The number of nitrogens with one attached hydrogen (secondary N) is 1. The average Bonchev–Trinajstić information content (AvgIpc) is 2.47. The molecule has 0 spiro atoms. The molecule has 0 atom stereocenters. The number of anilines is 1. The Morgan fingerprint density at radius 2 is 1.71 bits per heavy atom. The molecule has 1 aromatic rings. The topological polar surface area (TPSA) is 35.6 Å². The highest BCUT2D eigenvalue weighted by molar-refractivity contribution is 7.80. The van der Waals surface area contributed by atoms with Crippen molar-refractivity contribution in [1.29, 1.82) is 0 Å². The first kappa shape index (κ1) is 15.8. The molecule has 1 aliphatic heterocycles. The largest absolute Gasteiger partial charge is 0.345 e. The van der Waals surface area contributed by atoms with Crippen LogP contribution in [0.4, 0.5) is 5.69 Å². The first-order valence-electron chi connectivity index (χ1n) is 7.26. The highest BCUT2D eigenvalue weighted by Gasteiger charge is 2.18. The van der Waals surface area contributed by atoms with Gasteiger partial charge in [-0.15, -0.1) is 0 Å². The molecule has 114 valence electrons. The molecule has 1 aliphatic rings. The van der Waals surface area contributed by atoms with Crippen LogP contribution in [0.2, 0.25) is 0 Å². The predicted octanol–water partition coefficient (Wildman–Crippen LogP) is 2.45. The third-order valence-corrected chi connectivity index (χ3v) is 4.11. The van der Waals surface area contributed by atoms with Crippen LogP contribution < -0.4 is 5.32 Å². The van der Waals surface area contributed by atoms with Gasteiger partial charge in [-0.2, -0.15) is 0 Å². The van der Waals surface area contributed by atoms with Crippen molar-refractivity contribution in [3.05, 3.63) is 29.8 Å². The van der Waals surface area contributed by atoms with Crippen LogP contribution in [0.15, 0.2) is 24.3 Å². The normalized spacial score (nSPS) is 15.8. The summed E-state index contributed by atoms with van der Waals surface area (Å²) >= 11 is 5.45. The highest BCUT2D eigenvalue weighted by Crippen LogP contribution is 2.23. The summed E-state index contributed by atoms with van der Waals surface area (Å²) < 4.78 is 0. The van der Waals surface area contributed by atoms with Gasteiger partial charge >= 0.3 is 0 Å². The molecule has 1 heterocycles. The Bertz CT molecular complexity index is 499. The maximum atomic E-state index is 10.7. The number of piperazine rings is 1. The third-order valence-electron chi connectivity index (χ3n) is 3.75. The van der Waals surface area contributed by atoms with Crippen molar-refractivity contribution in [2.24, 2.45) is 0 Å². The van der Waals surface area contributed by atoms with Crippen molar-refractivity contribution < 1.29 is 4.79 Å². The molecule has 0 unspecified atom stereocenters.